The third-order valence-corrected chi connectivity index (χ3v) is 9.11. The van der Waals surface area contributed by atoms with E-state index in [2.05, 4.69) is 16.3 Å². The van der Waals surface area contributed by atoms with Gasteiger partial charge in [-0.05, 0) is 48.7 Å². The van der Waals surface area contributed by atoms with E-state index in [1.54, 1.807) is 30.6 Å². The Morgan fingerprint density at radius 1 is 1.12 bits per heavy atom. The van der Waals surface area contributed by atoms with Gasteiger partial charge in [-0.15, -0.1) is 11.3 Å². The van der Waals surface area contributed by atoms with Crippen LogP contribution in [0, 0.1) is 0 Å². The van der Waals surface area contributed by atoms with Gasteiger partial charge >= 0.3 is 0 Å². The molecule has 2 aromatic carbocycles. The summed E-state index contributed by atoms with van der Waals surface area (Å²) in [6, 6.07) is 12.7. The van der Waals surface area contributed by atoms with E-state index < -0.39 is 15.1 Å². The lowest BCUT2D eigenvalue weighted by molar-refractivity contribution is 0.402. The zero-order chi connectivity index (χ0) is 22.7. The Morgan fingerprint density at radius 2 is 1.91 bits per heavy atom. The van der Waals surface area contributed by atoms with Crippen LogP contribution in [-0.4, -0.2) is 46.0 Å². The van der Waals surface area contributed by atoms with Gasteiger partial charge in [0.15, 0.2) is 15.0 Å². The predicted molar refractivity (Wildman–Crippen MR) is 128 cm³/mol. The highest BCUT2D eigenvalue weighted by molar-refractivity contribution is 7.92. The summed E-state index contributed by atoms with van der Waals surface area (Å²) in [5.74, 6) is 1.16. The smallest absolute Gasteiger partial charge is 0.185 e. The molecule has 1 aliphatic rings. The summed E-state index contributed by atoms with van der Waals surface area (Å²) in [6.45, 7) is 1.28. The topological polar surface area (TPSA) is 68.7 Å². The Labute approximate surface area is 197 Å². The fourth-order valence-corrected chi connectivity index (χ4v) is 6.95. The number of benzene rings is 2. The van der Waals surface area contributed by atoms with E-state index in [0.29, 0.717) is 36.7 Å². The van der Waals surface area contributed by atoms with Gasteiger partial charge in [-0.3, -0.25) is 0 Å². The Kier molecular flexibility index (Phi) is 6.93. The molecule has 1 fully saturated rings. The zero-order valence-corrected chi connectivity index (χ0v) is 20.3. The number of hydrogen-bond acceptors (Lipinski definition) is 7. The lowest BCUT2D eigenvalue weighted by atomic mass is 10.1. The molecule has 0 aliphatic carbocycles. The molecule has 6 nitrogen and oxygen atoms in total. The summed E-state index contributed by atoms with van der Waals surface area (Å²) >= 11 is 7.65. The van der Waals surface area contributed by atoms with E-state index in [-0.39, 0.29) is 4.90 Å². The van der Waals surface area contributed by atoms with Gasteiger partial charge in [0.05, 0.1) is 25.2 Å². The van der Waals surface area contributed by atoms with Gasteiger partial charge in [0.2, 0.25) is 0 Å². The van der Waals surface area contributed by atoms with Crippen LogP contribution in [0.5, 0.6) is 11.5 Å². The number of aromatic nitrogens is 1. The molecule has 0 atom stereocenters. The normalized spacial score (nSPS) is 15.0. The molecule has 2 heterocycles. The second kappa shape index (κ2) is 9.68. The lowest BCUT2D eigenvalue weighted by Crippen LogP contribution is -2.39. The number of thiazole rings is 1. The minimum atomic E-state index is -3.54. The average molecular weight is 493 g/mol. The molecule has 0 saturated carbocycles. The standard InChI is InChI=1S/C23H25ClN2O4S2/c1-29-19-5-3-4-16(13-19)12-18-15-31-23(25-18)26-10-8-20(9-11-26)32(27,28)22-14-17(24)6-7-21(22)30-2/h3-7,13-15,20H,8-12H2,1-2H3. The lowest BCUT2D eigenvalue weighted by Gasteiger charge is -2.31. The Bertz CT molecular complexity index is 1190. The first-order valence-electron chi connectivity index (χ1n) is 10.3. The van der Waals surface area contributed by atoms with Crippen LogP contribution in [0.15, 0.2) is 52.7 Å². The van der Waals surface area contributed by atoms with E-state index >= 15 is 0 Å². The van der Waals surface area contributed by atoms with Crippen molar-refractivity contribution in [3.8, 4) is 11.5 Å². The first kappa shape index (κ1) is 22.9. The maximum atomic E-state index is 13.2. The van der Waals surface area contributed by atoms with Gasteiger partial charge < -0.3 is 14.4 Å². The van der Waals surface area contributed by atoms with E-state index in [1.165, 1.54) is 13.2 Å². The molecule has 32 heavy (non-hydrogen) atoms. The monoisotopic (exact) mass is 492 g/mol. The first-order chi connectivity index (χ1) is 15.4. The van der Waals surface area contributed by atoms with Crippen molar-refractivity contribution in [1.82, 2.24) is 4.98 Å². The molecule has 0 spiro atoms. The van der Waals surface area contributed by atoms with Gasteiger partial charge in [-0.25, -0.2) is 13.4 Å². The van der Waals surface area contributed by atoms with Crippen molar-refractivity contribution < 1.29 is 17.9 Å². The Balaban J connectivity index is 1.42. The van der Waals surface area contributed by atoms with Crippen LogP contribution < -0.4 is 14.4 Å². The summed E-state index contributed by atoms with van der Waals surface area (Å²) in [5.41, 5.74) is 2.14. The highest BCUT2D eigenvalue weighted by Crippen LogP contribution is 2.34. The van der Waals surface area contributed by atoms with Crippen LogP contribution in [0.25, 0.3) is 0 Å². The minimum Gasteiger partial charge on any atom is -0.497 e. The first-order valence-corrected chi connectivity index (χ1v) is 13.1. The Morgan fingerprint density at radius 3 is 2.62 bits per heavy atom. The highest BCUT2D eigenvalue weighted by atomic mass is 35.5. The molecule has 170 valence electrons. The summed E-state index contributed by atoms with van der Waals surface area (Å²) in [6.07, 6.45) is 1.79. The average Bonchev–Trinajstić information content (AvgIpc) is 3.27. The molecule has 3 aromatic rings. The zero-order valence-electron chi connectivity index (χ0n) is 18.0. The third kappa shape index (κ3) is 4.87. The quantitative estimate of drug-likeness (QED) is 0.469. The number of methoxy groups -OCH3 is 2. The molecular formula is C23H25ClN2O4S2. The van der Waals surface area contributed by atoms with Crippen molar-refractivity contribution in [2.45, 2.75) is 29.4 Å². The van der Waals surface area contributed by atoms with Crippen molar-refractivity contribution in [2.24, 2.45) is 0 Å². The fraction of sp³-hybridized carbons (Fsp3) is 0.348. The molecule has 0 bridgehead atoms. The maximum absolute atomic E-state index is 13.2. The van der Waals surface area contributed by atoms with Crippen LogP contribution in [0.2, 0.25) is 5.02 Å². The van der Waals surface area contributed by atoms with Gasteiger partial charge in [-0.1, -0.05) is 23.7 Å². The molecular weight excluding hydrogens is 468 g/mol. The minimum absolute atomic E-state index is 0.167. The van der Waals surface area contributed by atoms with E-state index in [9.17, 15) is 8.42 Å². The Hall–Kier alpha value is -2.29. The number of hydrogen-bond donors (Lipinski definition) is 0. The van der Waals surface area contributed by atoms with Crippen molar-refractivity contribution in [2.75, 3.05) is 32.2 Å². The van der Waals surface area contributed by atoms with E-state index in [0.717, 1.165) is 28.6 Å². The van der Waals surface area contributed by atoms with Crippen LogP contribution in [-0.2, 0) is 16.3 Å². The number of ether oxygens (including phenoxy) is 2. The second-order valence-corrected chi connectivity index (χ2v) is 11.1. The summed E-state index contributed by atoms with van der Waals surface area (Å²) in [7, 11) is -0.412. The number of anilines is 1. The van der Waals surface area contributed by atoms with Crippen molar-refractivity contribution in [3.63, 3.8) is 0 Å². The van der Waals surface area contributed by atoms with Crippen molar-refractivity contribution in [3.05, 3.63) is 64.1 Å². The van der Waals surface area contributed by atoms with Crippen molar-refractivity contribution in [1.29, 1.82) is 0 Å². The number of sulfone groups is 1. The van der Waals surface area contributed by atoms with E-state index in [4.69, 9.17) is 26.1 Å². The molecule has 0 radical (unpaired) electrons. The van der Waals surface area contributed by atoms with Gasteiger partial charge in [0, 0.05) is 29.9 Å². The molecule has 4 rings (SSSR count). The van der Waals surface area contributed by atoms with Gasteiger partial charge in [0.25, 0.3) is 0 Å². The van der Waals surface area contributed by atoms with Crippen LogP contribution in [0.1, 0.15) is 24.1 Å². The second-order valence-electron chi connectivity index (χ2n) is 7.68. The van der Waals surface area contributed by atoms with Crippen LogP contribution >= 0.6 is 22.9 Å². The highest BCUT2D eigenvalue weighted by Gasteiger charge is 2.34. The fourth-order valence-electron chi connectivity index (χ4n) is 3.92. The third-order valence-electron chi connectivity index (χ3n) is 5.64. The largest absolute Gasteiger partial charge is 0.497 e. The molecule has 0 N–H and O–H groups in total. The number of nitrogens with zero attached hydrogens (tertiary/aromatic N) is 2. The maximum Gasteiger partial charge on any atom is 0.185 e. The number of halogens is 1. The summed E-state index contributed by atoms with van der Waals surface area (Å²) < 4.78 is 37.0. The molecule has 0 unspecified atom stereocenters. The number of rotatable bonds is 7. The van der Waals surface area contributed by atoms with Crippen molar-refractivity contribution >= 4 is 37.9 Å². The molecule has 1 aromatic heterocycles. The van der Waals surface area contributed by atoms with Gasteiger partial charge in [-0.2, -0.15) is 0 Å². The molecule has 9 heteroatoms. The van der Waals surface area contributed by atoms with E-state index in [1.807, 2.05) is 18.2 Å². The summed E-state index contributed by atoms with van der Waals surface area (Å²) in [4.78, 5) is 7.12. The molecule has 1 aliphatic heterocycles. The summed E-state index contributed by atoms with van der Waals surface area (Å²) in [5, 5.41) is 2.91. The SMILES string of the molecule is COc1cccc(Cc2csc(N3CCC(S(=O)(=O)c4cc(Cl)ccc4OC)CC3)n2)c1. The van der Waals surface area contributed by atoms with Crippen LogP contribution in [0.3, 0.4) is 0 Å². The van der Waals surface area contributed by atoms with Crippen LogP contribution in [0.4, 0.5) is 5.13 Å². The number of piperidine rings is 1. The molecule has 0 amide bonds. The van der Waals surface area contributed by atoms with Gasteiger partial charge in [0.1, 0.15) is 16.4 Å². The molecule has 1 saturated heterocycles. The predicted octanol–water partition coefficient (Wildman–Crippen LogP) is 4.85.